The lowest BCUT2D eigenvalue weighted by Gasteiger charge is -2.06. The van der Waals surface area contributed by atoms with Crippen molar-refractivity contribution in [2.45, 2.75) is 31.8 Å². The van der Waals surface area contributed by atoms with E-state index in [1.54, 1.807) is 12.1 Å². The van der Waals surface area contributed by atoms with Crippen molar-refractivity contribution in [1.82, 2.24) is 15.1 Å². The fourth-order valence-electron chi connectivity index (χ4n) is 2.20. The number of hydrogen-bond donors (Lipinski definition) is 2. The number of nitrogens with zero attached hydrogens (tertiary/aromatic N) is 2. The lowest BCUT2D eigenvalue weighted by molar-refractivity contribution is 0.597. The van der Waals surface area contributed by atoms with Crippen LogP contribution in [0.25, 0.3) is 0 Å². The van der Waals surface area contributed by atoms with E-state index in [0.29, 0.717) is 6.54 Å². The number of hydrogen-bond acceptors (Lipinski definition) is 4. The van der Waals surface area contributed by atoms with Crippen LogP contribution in [-0.4, -0.2) is 18.2 Å². The molecule has 7 heteroatoms. The second kappa shape index (κ2) is 5.97. The molecule has 0 aliphatic carbocycles. The highest BCUT2D eigenvalue weighted by Crippen LogP contribution is 2.12. The summed E-state index contributed by atoms with van der Waals surface area (Å²) in [5.74, 6) is 0. The quantitative estimate of drug-likeness (QED) is 0.861. The number of nitrogens with one attached hydrogen (secondary N) is 1. The summed E-state index contributed by atoms with van der Waals surface area (Å²) in [4.78, 5) is 0.130. The molecular formula is C14H20N4O2S. The van der Waals surface area contributed by atoms with Crippen LogP contribution < -0.4 is 10.5 Å². The van der Waals surface area contributed by atoms with Gasteiger partial charge in [-0.2, -0.15) is 5.10 Å². The van der Waals surface area contributed by atoms with Gasteiger partial charge < -0.3 is 5.32 Å². The number of sulfonamides is 1. The minimum atomic E-state index is -3.62. The maximum absolute atomic E-state index is 11.2. The molecule has 0 radical (unpaired) electrons. The van der Waals surface area contributed by atoms with Gasteiger partial charge in [-0.25, -0.2) is 13.6 Å². The van der Waals surface area contributed by atoms with Crippen molar-refractivity contribution >= 4 is 10.0 Å². The molecule has 0 aliphatic heterocycles. The van der Waals surface area contributed by atoms with Crippen molar-refractivity contribution in [3.63, 3.8) is 0 Å². The van der Waals surface area contributed by atoms with Crippen LogP contribution in [0.2, 0.25) is 0 Å². The van der Waals surface area contributed by atoms with Crippen LogP contribution in [-0.2, 0) is 30.2 Å². The molecule has 6 nitrogen and oxygen atoms in total. The number of benzene rings is 1. The molecule has 2 aromatic rings. The smallest absolute Gasteiger partial charge is 0.238 e. The van der Waals surface area contributed by atoms with Gasteiger partial charge in [0.1, 0.15) is 0 Å². The van der Waals surface area contributed by atoms with Crippen molar-refractivity contribution in [2.24, 2.45) is 12.2 Å². The summed E-state index contributed by atoms with van der Waals surface area (Å²) in [6.45, 7) is 5.41. The molecule has 0 spiro atoms. The fraction of sp³-hybridized carbons (Fsp3) is 0.357. The minimum Gasteiger partial charge on any atom is -0.308 e. The number of primary sulfonamides is 1. The van der Waals surface area contributed by atoms with Crippen molar-refractivity contribution in [2.75, 3.05) is 0 Å². The van der Waals surface area contributed by atoms with Crippen molar-refractivity contribution in [1.29, 1.82) is 0 Å². The summed E-state index contributed by atoms with van der Waals surface area (Å²) in [5, 5.41) is 12.8. The third-order valence-corrected chi connectivity index (χ3v) is 4.47. The number of aromatic nitrogens is 2. The van der Waals surface area contributed by atoms with Gasteiger partial charge in [0.25, 0.3) is 0 Å². The highest BCUT2D eigenvalue weighted by molar-refractivity contribution is 7.89. The molecule has 0 unspecified atom stereocenters. The van der Waals surface area contributed by atoms with Gasteiger partial charge in [-0.15, -0.1) is 0 Å². The molecule has 1 heterocycles. The standard InChI is InChI=1S/C14H20N4O2S/c1-10-14(11(2)18(3)17-10)9-16-8-12-4-6-13(7-5-12)21(15,19)20/h4-7,16H,8-9H2,1-3H3,(H2,15,19,20). The van der Waals surface area contributed by atoms with E-state index in [2.05, 4.69) is 10.4 Å². The summed E-state index contributed by atoms with van der Waals surface area (Å²) in [7, 11) is -1.69. The zero-order valence-corrected chi connectivity index (χ0v) is 13.2. The average molecular weight is 308 g/mol. The first-order valence-electron chi connectivity index (χ1n) is 6.60. The molecule has 0 saturated heterocycles. The van der Waals surface area contributed by atoms with Crippen molar-refractivity contribution < 1.29 is 8.42 Å². The molecule has 3 N–H and O–H groups in total. The third-order valence-electron chi connectivity index (χ3n) is 3.54. The molecule has 0 saturated carbocycles. The maximum atomic E-state index is 11.2. The van der Waals surface area contributed by atoms with Crippen LogP contribution in [0.1, 0.15) is 22.5 Å². The van der Waals surface area contributed by atoms with Crippen molar-refractivity contribution in [3.8, 4) is 0 Å². The molecule has 1 aromatic carbocycles. The van der Waals surface area contributed by atoms with Crippen LogP contribution in [0.15, 0.2) is 29.2 Å². The zero-order chi connectivity index (χ0) is 15.6. The number of rotatable bonds is 5. The topological polar surface area (TPSA) is 90.0 Å². The molecule has 0 bridgehead atoms. The minimum absolute atomic E-state index is 0.130. The van der Waals surface area contributed by atoms with Crippen LogP contribution in [0.5, 0.6) is 0 Å². The second-order valence-electron chi connectivity index (χ2n) is 5.07. The fourth-order valence-corrected chi connectivity index (χ4v) is 2.72. The van der Waals surface area contributed by atoms with Crippen LogP contribution >= 0.6 is 0 Å². The van der Waals surface area contributed by atoms with Crippen LogP contribution in [0, 0.1) is 13.8 Å². The Labute approximate surface area is 125 Å². The molecule has 1 aromatic heterocycles. The van der Waals surface area contributed by atoms with E-state index in [1.165, 1.54) is 17.7 Å². The molecule has 2 rings (SSSR count). The summed E-state index contributed by atoms with van der Waals surface area (Å²) in [6.07, 6.45) is 0. The highest BCUT2D eigenvalue weighted by atomic mass is 32.2. The van der Waals surface area contributed by atoms with Crippen LogP contribution in [0.3, 0.4) is 0 Å². The zero-order valence-electron chi connectivity index (χ0n) is 12.4. The van der Waals surface area contributed by atoms with Crippen molar-refractivity contribution in [3.05, 3.63) is 46.8 Å². The monoisotopic (exact) mass is 308 g/mol. The van der Waals surface area contributed by atoms with Gasteiger partial charge >= 0.3 is 0 Å². The van der Waals surface area contributed by atoms with Gasteiger partial charge in [-0.3, -0.25) is 4.68 Å². The van der Waals surface area contributed by atoms with E-state index >= 15 is 0 Å². The summed E-state index contributed by atoms with van der Waals surface area (Å²) in [5.41, 5.74) is 4.36. The predicted octanol–water partition coefficient (Wildman–Crippen LogP) is 0.974. The van der Waals surface area contributed by atoms with E-state index in [9.17, 15) is 8.42 Å². The highest BCUT2D eigenvalue weighted by Gasteiger charge is 2.09. The van der Waals surface area contributed by atoms with E-state index < -0.39 is 10.0 Å². The van der Waals surface area contributed by atoms with E-state index in [1.807, 2.05) is 25.6 Å². The normalized spacial score (nSPS) is 11.8. The van der Waals surface area contributed by atoms with Gasteiger partial charge in [-0.05, 0) is 31.5 Å². The first kappa shape index (κ1) is 15.7. The second-order valence-corrected chi connectivity index (χ2v) is 6.63. The Morgan fingerprint density at radius 3 is 2.29 bits per heavy atom. The SMILES string of the molecule is Cc1nn(C)c(C)c1CNCc1ccc(S(N)(=O)=O)cc1. The number of nitrogens with two attached hydrogens (primary N) is 1. The van der Waals surface area contributed by atoms with Gasteiger partial charge in [0.2, 0.25) is 10.0 Å². The predicted molar refractivity (Wildman–Crippen MR) is 81.0 cm³/mol. The third kappa shape index (κ3) is 3.69. The summed E-state index contributed by atoms with van der Waals surface area (Å²) in [6, 6.07) is 6.56. The molecule has 0 amide bonds. The van der Waals surface area contributed by atoms with E-state index in [-0.39, 0.29) is 4.90 Å². The Bertz CT molecular complexity index is 733. The Morgan fingerprint density at radius 1 is 1.19 bits per heavy atom. The molecule has 0 aliphatic rings. The molecular weight excluding hydrogens is 288 g/mol. The largest absolute Gasteiger partial charge is 0.308 e. The van der Waals surface area contributed by atoms with Gasteiger partial charge in [0.05, 0.1) is 10.6 Å². The van der Waals surface area contributed by atoms with E-state index in [4.69, 9.17) is 5.14 Å². The first-order valence-corrected chi connectivity index (χ1v) is 8.15. The average Bonchev–Trinajstić information content (AvgIpc) is 2.64. The van der Waals surface area contributed by atoms with Gasteiger partial charge in [-0.1, -0.05) is 12.1 Å². The Kier molecular flexibility index (Phi) is 4.46. The Hall–Kier alpha value is -1.70. The van der Waals surface area contributed by atoms with Gasteiger partial charge in [0.15, 0.2) is 0 Å². The molecule has 0 fully saturated rings. The summed E-state index contributed by atoms with van der Waals surface area (Å²) >= 11 is 0. The first-order chi connectivity index (χ1) is 9.79. The number of aryl methyl sites for hydroxylation is 2. The molecule has 21 heavy (non-hydrogen) atoms. The molecule has 114 valence electrons. The summed E-state index contributed by atoms with van der Waals surface area (Å²) < 4.78 is 24.2. The maximum Gasteiger partial charge on any atom is 0.238 e. The lowest BCUT2D eigenvalue weighted by Crippen LogP contribution is -2.15. The molecule has 0 atom stereocenters. The van der Waals surface area contributed by atoms with Crippen LogP contribution in [0.4, 0.5) is 0 Å². The van der Waals surface area contributed by atoms with E-state index in [0.717, 1.165) is 23.5 Å². The Balaban J connectivity index is 1.98. The van der Waals surface area contributed by atoms with Gasteiger partial charge in [0, 0.05) is 31.4 Å². The lowest BCUT2D eigenvalue weighted by atomic mass is 10.2. The Morgan fingerprint density at radius 2 is 1.81 bits per heavy atom.